The second-order valence-corrected chi connectivity index (χ2v) is 6.21. The second-order valence-electron chi connectivity index (χ2n) is 6.21. The van der Waals surface area contributed by atoms with Crippen molar-refractivity contribution in [2.45, 2.75) is 31.4 Å². The first-order chi connectivity index (χ1) is 12.7. The molecule has 5 nitrogen and oxygen atoms in total. The van der Waals surface area contributed by atoms with E-state index in [2.05, 4.69) is 15.6 Å². The summed E-state index contributed by atoms with van der Waals surface area (Å²) in [5, 5.41) is 6.39. The minimum absolute atomic E-state index is 0.0113. The molecule has 0 amide bonds. The molecule has 1 aromatic carbocycles. The molecule has 2 aromatic rings. The Bertz CT molecular complexity index is 714. The zero-order valence-corrected chi connectivity index (χ0v) is 14.7. The molecule has 2 unspecified atom stereocenters. The maximum absolute atomic E-state index is 13.8. The van der Waals surface area contributed by atoms with Crippen molar-refractivity contribution in [1.29, 1.82) is 0 Å². The predicted octanol–water partition coefficient (Wildman–Crippen LogP) is 3.19. The van der Waals surface area contributed by atoms with Gasteiger partial charge in [0.1, 0.15) is 24.0 Å². The SMILES string of the molecule is CN=C(NCCCOCc1ccco1)NC1CC1c1c(F)cccc1F. The largest absolute Gasteiger partial charge is 0.467 e. The monoisotopic (exact) mass is 363 g/mol. The van der Waals surface area contributed by atoms with E-state index >= 15 is 0 Å². The Morgan fingerprint density at radius 3 is 2.77 bits per heavy atom. The Morgan fingerprint density at radius 1 is 1.27 bits per heavy atom. The van der Waals surface area contributed by atoms with Crippen molar-refractivity contribution in [3.8, 4) is 0 Å². The molecule has 1 saturated carbocycles. The van der Waals surface area contributed by atoms with Crippen LogP contribution < -0.4 is 10.6 Å². The average Bonchev–Trinajstić information content (AvgIpc) is 3.16. The van der Waals surface area contributed by atoms with Crippen LogP contribution in [0.1, 0.15) is 30.1 Å². The number of guanidine groups is 1. The number of nitrogens with zero attached hydrogens (tertiary/aromatic N) is 1. The lowest BCUT2D eigenvalue weighted by Gasteiger charge is -2.12. The van der Waals surface area contributed by atoms with Gasteiger partial charge in [0.25, 0.3) is 0 Å². The van der Waals surface area contributed by atoms with Crippen LogP contribution in [0, 0.1) is 11.6 Å². The summed E-state index contributed by atoms with van der Waals surface area (Å²) in [4.78, 5) is 4.15. The van der Waals surface area contributed by atoms with Gasteiger partial charge in [0, 0.05) is 37.7 Å². The third-order valence-corrected chi connectivity index (χ3v) is 4.29. The molecule has 0 radical (unpaired) electrons. The Balaban J connectivity index is 1.35. The van der Waals surface area contributed by atoms with Gasteiger partial charge in [-0.05, 0) is 37.1 Å². The van der Waals surface area contributed by atoms with Crippen LogP contribution in [0.4, 0.5) is 8.78 Å². The molecule has 1 aliphatic carbocycles. The average molecular weight is 363 g/mol. The van der Waals surface area contributed by atoms with Crippen LogP contribution in [-0.4, -0.2) is 32.2 Å². The Morgan fingerprint density at radius 2 is 2.08 bits per heavy atom. The van der Waals surface area contributed by atoms with Gasteiger partial charge in [0.15, 0.2) is 5.96 Å². The lowest BCUT2D eigenvalue weighted by Crippen LogP contribution is -2.39. The fourth-order valence-corrected chi connectivity index (χ4v) is 2.86. The zero-order chi connectivity index (χ0) is 18.4. The number of nitrogens with one attached hydrogen (secondary N) is 2. The highest BCUT2D eigenvalue weighted by Crippen LogP contribution is 2.42. The normalized spacial score (nSPS) is 19.4. The Kier molecular flexibility index (Phi) is 6.22. The summed E-state index contributed by atoms with van der Waals surface area (Å²) in [5.41, 5.74) is 0.159. The molecule has 0 bridgehead atoms. The number of furan rings is 1. The number of hydrogen-bond donors (Lipinski definition) is 2. The maximum atomic E-state index is 13.8. The van der Waals surface area contributed by atoms with Crippen LogP contribution in [-0.2, 0) is 11.3 Å². The number of ether oxygens (including phenoxy) is 1. The van der Waals surface area contributed by atoms with Gasteiger partial charge >= 0.3 is 0 Å². The highest BCUT2D eigenvalue weighted by molar-refractivity contribution is 5.80. The van der Waals surface area contributed by atoms with Crippen molar-refractivity contribution >= 4 is 5.96 Å². The molecule has 2 N–H and O–H groups in total. The molecule has 0 saturated heterocycles. The number of hydrogen-bond acceptors (Lipinski definition) is 3. The van der Waals surface area contributed by atoms with Crippen molar-refractivity contribution in [1.82, 2.24) is 10.6 Å². The number of halogens is 2. The molecule has 26 heavy (non-hydrogen) atoms. The lowest BCUT2D eigenvalue weighted by molar-refractivity contribution is 0.105. The van der Waals surface area contributed by atoms with E-state index in [1.54, 1.807) is 13.3 Å². The number of benzene rings is 1. The van der Waals surface area contributed by atoms with Crippen LogP contribution in [0.25, 0.3) is 0 Å². The van der Waals surface area contributed by atoms with E-state index in [4.69, 9.17) is 9.15 Å². The van der Waals surface area contributed by atoms with Gasteiger partial charge in [0.2, 0.25) is 0 Å². The lowest BCUT2D eigenvalue weighted by atomic mass is 10.1. The van der Waals surface area contributed by atoms with Crippen LogP contribution in [0.2, 0.25) is 0 Å². The third kappa shape index (κ3) is 4.82. The van der Waals surface area contributed by atoms with Crippen molar-refractivity contribution in [2.24, 2.45) is 4.99 Å². The van der Waals surface area contributed by atoms with Gasteiger partial charge < -0.3 is 19.8 Å². The van der Waals surface area contributed by atoms with Crippen LogP contribution in [0.3, 0.4) is 0 Å². The van der Waals surface area contributed by atoms with Crippen LogP contribution >= 0.6 is 0 Å². The molecular weight excluding hydrogens is 340 g/mol. The topological polar surface area (TPSA) is 58.8 Å². The summed E-state index contributed by atoms with van der Waals surface area (Å²) >= 11 is 0. The predicted molar refractivity (Wildman–Crippen MR) is 95.0 cm³/mol. The number of rotatable bonds is 8. The minimum Gasteiger partial charge on any atom is -0.467 e. The van der Waals surface area contributed by atoms with Crippen LogP contribution in [0.15, 0.2) is 46.0 Å². The van der Waals surface area contributed by atoms with E-state index in [1.165, 1.54) is 18.2 Å². The molecule has 1 fully saturated rings. The van der Waals surface area contributed by atoms with Gasteiger partial charge in [-0.15, -0.1) is 0 Å². The minimum atomic E-state index is -0.490. The first kappa shape index (κ1) is 18.4. The van der Waals surface area contributed by atoms with E-state index in [9.17, 15) is 8.78 Å². The summed E-state index contributed by atoms with van der Waals surface area (Å²) in [6, 6.07) is 7.66. The van der Waals surface area contributed by atoms with Crippen molar-refractivity contribution in [3.63, 3.8) is 0 Å². The van der Waals surface area contributed by atoms with Gasteiger partial charge in [-0.1, -0.05) is 6.07 Å². The molecule has 0 aliphatic heterocycles. The van der Waals surface area contributed by atoms with Gasteiger partial charge in [-0.25, -0.2) is 8.78 Å². The standard InChI is InChI=1S/C19H23F2N3O2/c1-22-19(23-8-4-9-25-12-13-5-3-10-26-13)24-17-11-14(17)18-15(20)6-2-7-16(18)21/h2-3,5-7,10,14,17H,4,8-9,11-12H2,1H3,(H2,22,23,24). The second kappa shape index (κ2) is 8.80. The number of aliphatic imine (C=N–C) groups is 1. The van der Waals surface area contributed by atoms with Gasteiger partial charge in [0.05, 0.1) is 6.26 Å². The van der Waals surface area contributed by atoms with E-state index in [0.717, 1.165) is 12.2 Å². The van der Waals surface area contributed by atoms with Gasteiger partial charge in [-0.3, -0.25) is 4.99 Å². The summed E-state index contributed by atoms with van der Waals surface area (Å²) in [6.45, 7) is 1.73. The fraction of sp³-hybridized carbons (Fsp3) is 0.421. The zero-order valence-electron chi connectivity index (χ0n) is 14.7. The molecule has 2 atom stereocenters. The smallest absolute Gasteiger partial charge is 0.191 e. The molecule has 0 spiro atoms. The highest BCUT2D eigenvalue weighted by atomic mass is 19.1. The summed E-state index contributed by atoms with van der Waals surface area (Å²) in [6.07, 6.45) is 3.11. The summed E-state index contributed by atoms with van der Waals surface area (Å²) in [5.74, 6) is 0.286. The molecule has 140 valence electrons. The Hall–Kier alpha value is -2.41. The maximum Gasteiger partial charge on any atom is 0.191 e. The van der Waals surface area contributed by atoms with Crippen LogP contribution in [0.5, 0.6) is 0 Å². The third-order valence-electron chi connectivity index (χ3n) is 4.29. The summed E-state index contributed by atoms with van der Waals surface area (Å²) in [7, 11) is 1.67. The van der Waals surface area contributed by atoms with E-state index in [1.807, 2.05) is 12.1 Å². The molecule has 7 heteroatoms. The first-order valence-electron chi connectivity index (χ1n) is 8.70. The Labute approximate surface area is 151 Å². The molecule has 1 aromatic heterocycles. The molecule has 3 rings (SSSR count). The van der Waals surface area contributed by atoms with E-state index in [-0.39, 0.29) is 17.5 Å². The molecule has 1 heterocycles. The molecular formula is C19H23F2N3O2. The van der Waals surface area contributed by atoms with E-state index in [0.29, 0.717) is 32.1 Å². The van der Waals surface area contributed by atoms with Gasteiger partial charge in [-0.2, -0.15) is 0 Å². The quantitative estimate of drug-likeness (QED) is 0.430. The van der Waals surface area contributed by atoms with Crippen molar-refractivity contribution in [2.75, 3.05) is 20.2 Å². The summed E-state index contributed by atoms with van der Waals surface area (Å²) < 4.78 is 38.3. The van der Waals surface area contributed by atoms with Crippen molar-refractivity contribution < 1.29 is 17.9 Å². The van der Waals surface area contributed by atoms with E-state index < -0.39 is 11.6 Å². The fourth-order valence-electron chi connectivity index (χ4n) is 2.86. The first-order valence-corrected chi connectivity index (χ1v) is 8.70. The highest BCUT2D eigenvalue weighted by Gasteiger charge is 2.42. The molecule has 1 aliphatic rings. The van der Waals surface area contributed by atoms with Crippen molar-refractivity contribution in [3.05, 3.63) is 59.6 Å².